The summed E-state index contributed by atoms with van der Waals surface area (Å²) in [7, 11) is 1.31. The maximum Gasteiger partial charge on any atom is 0.416 e. The van der Waals surface area contributed by atoms with Crippen LogP contribution in [0.3, 0.4) is 0 Å². The summed E-state index contributed by atoms with van der Waals surface area (Å²) in [4.78, 5) is 12.0. The van der Waals surface area contributed by atoms with Gasteiger partial charge in [0.2, 0.25) is 0 Å². The number of aryl methyl sites for hydroxylation is 1. The normalized spacial score (nSPS) is 11.3. The molecule has 0 saturated heterocycles. The molecule has 0 bridgehead atoms. The molecule has 0 saturated carbocycles. The molecule has 0 amide bonds. The maximum atomic E-state index is 13.6. The van der Waals surface area contributed by atoms with E-state index in [0.717, 1.165) is 18.2 Å². The smallest absolute Gasteiger partial charge is 0.416 e. The SMILES string of the molecule is COc1ccc(C(=O)CCc2cccc(C(F)(F)F)c2)cc1F. The Morgan fingerprint density at radius 3 is 2.48 bits per heavy atom. The van der Waals surface area contributed by atoms with Gasteiger partial charge in [0, 0.05) is 12.0 Å². The number of halogens is 4. The summed E-state index contributed by atoms with van der Waals surface area (Å²) in [6, 6.07) is 8.65. The second kappa shape index (κ2) is 6.81. The van der Waals surface area contributed by atoms with Crippen molar-refractivity contribution >= 4 is 5.78 Å². The topological polar surface area (TPSA) is 26.3 Å². The van der Waals surface area contributed by atoms with Crippen molar-refractivity contribution in [3.8, 4) is 5.75 Å². The molecule has 6 heteroatoms. The molecule has 0 aliphatic carbocycles. The lowest BCUT2D eigenvalue weighted by Gasteiger charge is -2.09. The van der Waals surface area contributed by atoms with Crippen molar-refractivity contribution in [1.82, 2.24) is 0 Å². The molecule has 122 valence electrons. The number of ether oxygens (including phenoxy) is 1. The molecule has 0 fully saturated rings. The Hall–Kier alpha value is -2.37. The van der Waals surface area contributed by atoms with Crippen LogP contribution in [0.15, 0.2) is 42.5 Å². The van der Waals surface area contributed by atoms with Gasteiger partial charge in [-0.05, 0) is 36.2 Å². The zero-order valence-corrected chi connectivity index (χ0v) is 12.3. The maximum absolute atomic E-state index is 13.6. The fourth-order valence-corrected chi connectivity index (χ4v) is 2.15. The Balaban J connectivity index is 2.06. The van der Waals surface area contributed by atoms with E-state index in [1.54, 1.807) is 0 Å². The molecule has 0 heterocycles. The first kappa shape index (κ1) is 17.0. The lowest BCUT2D eigenvalue weighted by Crippen LogP contribution is -2.06. The van der Waals surface area contributed by atoms with E-state index in [9.17, 15) is 22.4 Å². The Kier molecular flexibility index (Phi) is 5.03. The number of alkyl halides is 3. The highest BCUT2D eigenvalue weighted by molar-refractivity contribution is 5.96. The van der Waals surface area contributed by atoms with Gasteiger partial charge in [0.05, 0.1) is 12.7 Å². The van der Waals surface area contributed by atoms with Crippen molar-refractivity contribution in [2.24, 2.45) is 0 Å². The van der Waals surface area contributed by atoms with Gasteiger partial charge < -0.3 is 4.74 Å². The Morgan fingerprint density at radius 1 is 1.13 bits per heavy atom. The third-order valence-electron chi connectivity index (χ3n) is 3.37. The molecule has 23 heavy (non-hydrogen) atoms. The number of carbonyl (C=O) groups excluding carboxylic acids is 1. The summed E-state index contributed by atoms with van der Waals surface area (Å²) in [5, 5.41) is 0. The van der Waals surface area contributed by atoms with Gasteiger partial charge in [-0.25, -0.2) is 4.39 Å². The number of rotatable bonds is 5. The molecule has 0 aliphatic heterocycles. The molecule has 0 radical (unpaired) electrons. The van der Waals surface area contributed by atoms with Crippen molar-refractivity contribution in [3.63, 3.8) is 0 Å². The van der Waals surface area contributed by atoms with E-state index in [0.29, 0.717) is 5.56 Å². The number of hydrogen-bond donors (Lipinski definition) is 0. The highest BCUT2D eigenvalue weighted by atomic mass is 19.4. The largest absolute Gasteiger partial charge is 0.494 e. The van der Waals surface area contributed by atoms with Crippen LogP contribution < -0.4 is 4.74 Å². The van der Waals surface area contributed by atoms with Crippen LogP contribution in [0.2, 0.25) is 0 Å². The molecule has 0 atom stereocenters. The molecule has 2 aromatic rings. The molecule has 2 rings (SSSR count). The first-order valence-corrected chi connectivity index (χ1v) is 6.84. The van der Waals surface area contributed by atoms with Gasteiger partial charge in [0.1, 0.15) is 0 Å². The lowest BCUT2D eigenvalue weighted by molar-refractivity contribution is -0.137. The third-order valence-corrected chi connectivity index (χ3v) is 3.37. The van der Waals surface area contributed by atoms with E-state index in [4.69, 9.17) is 4.74 Å². The fourth-order valence-electron chi connectivity index (χ4n) is 2.15. The zero-order chi connectivity index (χ0) is 17.0. The van der Waals surface area contributed by atoms with Gasteiger partial charge in [-0.2, -0.15) is 13.2 Å². The molecular weight excluding hydrogens is 312 g/mol. The van der Waals surface area contributed by atoms with Crippen LogP contribution in [0.5, 0.6) is 5.75 Å². The van der Waals surface area contributed by atoms with Gasteiger partial charge in [0.25, 0.3) is 0 Å². The number of benzene rings is 2. The van der Waals surface area contributed by atoms with Gasteiger partial charge in [-0.15, -0.1) is 0 Å². The number of carbonyl (C=O) groups is 1. The van der Waals surface area contributed by atoms with E-state index in [-0.39, 0.29) is 29.9 Å². The van der Waals surface area contributed by atoms with E-state index in [1.165, 1.54) is 31.4 Å². The van der Waals surface area contributed by atoms with Gasteiger partial charge in [0.15, 0.2) is 17.3 Å². The monoisotopic (exact) mass is 326 g/mol. The van der Waals surface area contributed by atoms with Crippen LogP contribution in [0.1, 0.15) is 27.9 Å². The van der Waals surface area contributed by atoms with Crippen molar-refractivity contribution < 1.29 is 27.1 Å². The number of hydrogen-bond acceptors (Lipinski definition) is 2. The van der Waals surface area contributed by atoms with Crippen molar-refractivity contribution in [1.29, 1.82) is 0 Å². The van der Waals surface area contributed by atoms with Crippen LogP contribution in [0.25, 0.3) is 0 Å². The molecule has 2 aromatic carbocycles. The second-order valence-corrected chi connectivity index (χ2v) is 4.97. The summed E-state index contributed by atoms with van der Waals surface area (Å²) < 4.78 is 56.2. The quantitative estimate of drug-likeness (QED) is 0.590. The number of ketones is 1. The molecule has 2 nitrogen and oxygen atoms in total. The Morgan fingerprint density at radius 2 is 1.87 bits per heavy atom. The lowest BCUT2D eigenvalue weighted by atomic mass is 10.0. The van der Waals surface area contributed by atoms with Crippen molar-refractivity contribution in [2.75, 3.05) is 7.11 Å². The first-order valence-electron chi connectivity index (χ1n) is 6.84. The predicted molar refractivity (Wildman–Crippen MR) is 77.0 cm³/mol. The van der Waals surface area contributed by atoms with Crippen molar-refractivity contribution in [2.45, 2.75) is 19.0 Å². The van der Waals surface area contributed by atoms with Gasteiger partial charge in [-0.3, -0.25) is 4.79 Å². The minimum atomic E-state index is -4.42. The molecule has 0 N–H and O–H groups in total. The average molecular weight is 326 g/mol. The Labute approximate surface area is 130 Å². The first-order chi connectivity index (χ1) is 10.8. The summed E-state index contributed by atoms with van der Waals surface area (Å²) in [5.74, 6) is -0.971. The predicted octanol–water partition coefficient (Wildman–Crippen LogP) is 4.67. The third kappa shape index (κ3) is 4.31. The fraction of sp³-hybridized carbons (Fsp3) is 0.235. The molecule has 0 spiro atoms. The van der Waals surface area contributed by atoms with Gasteiger partial charge in [-0.1, -0.05) is 18.2 Å². The van der Waals surface area contributed by atoms with Crippen molar-refractivity contribution in [3.05, 3.63) is 65.0 Å². The minimum Gasteiger partial charge on any atom is -0.494 e. The molecule has 0 aromatic heterocycles. The minimum absolute atomic E-state index is 0.00687. The number of methoxy groups -OCH3 is 1. The zero-order valence-electron chi connectivity index (χ0n) is 12.3. The van der Waals surface area contributed by atoms with Crippen LogP contribution in [-0.4, -0.2) is 12.9 Å². The van der Waals surface area contributed by atoms with Crippen LogP contribution in [0.4, 0.5) is 17.6 Å². The van der Waals surface area contributed by atoms with Gasteiger partial charge >= 0.3 is 6.18 Å². The number of Topliss-reactive ketones (excluding diaryl/α,β-unsaturated/α-hetero) is 1. The highest BCUT2D eigenvalue weighted by Gasteiger charge is 2.30. The van der Waals surface area contributed by atoms with E-state index in [2.05, 4.69) is 0 Å². The standard InChI is InChI=1S/C17H14F4O2/c1-23-16-8-6-12(10-14(16)18)15(22)7-5-11-3-2-4-13(9-11)17(19,20)21/h2-4,6,8-10H,5,7H2,1H3. The van der Waals surface area contributed by atoms with E-state index in [1.807, 2.05) is 0 Å². The van der Waals surface area contributed by atoms with E-state index >= 15 is 0 Å². The molecular formula is C17H14F4O2. The summed E-state index contributed by atoms with van der Waals surface area (Å²) >= 11 is 0. The highest BCUT2D eigenvalue weighted by Crippen LogP contribution is 2.29. The Bertz CT molecular complexity index is 708. The molecule has 0 unspecified atom stereocenters. The summed E-state index contributed by atoms with van der Waals surface area (Å²) in [5.41, 5.74) is -0.185. The average Bonchev–Trinajstić information content (AvgIpc) is 2.52. The second-order valence-electron chi connectivity index (χ2n) is 4.97. The van der Waals surface area contributed by atoms with Crippen LogP contribution >= 0.6 is 0 Å². The van der Waals surface area contributed by atoms with E-state index < -0.39 is 17.6 Å². The summed E-state index contributed by atoms with van der Waals surface area (Å²) in [6.45, 7) is 0. The van der Waals surface area contributed by atoms with Crippen LogP contribution in [0, 0.1) is 5.82 Å². The molecule has 0 aliphatic rings. The van der Waals surface area contributed by atoms with Crippen LogP contribution in [-0.2, 0) is 12.6 Å². The summed E-state index contributed by atoms with van der Waals surface area (Å²) in [6.07, 6.45) is -4.28.